The molecule has 3 aromatic rings. The van der Waals surface area contributed by atoms with Crippen molar-refractivity contribution >= 4 is 23.3 Å². The van der Waals surface area contributed by atoms with E-state index in [9.17, 15) is 14.7 Å². The second-order valence-corrected chi connectivity index (χ2v) is 6.70. The van der Waals surface area contributed by atoms with Crippen LogP contribution in [-0.4, -0.2) is 37.5 Å². The fourth-order valence-electron chi connectivity index (χ4n) is 2.83. The molecule has 0 bridgehead atoms. The quantitative estimate of drug-likeness (QED) is 0.432. The predicted molar refractivity (Wildman–Crippen MR) is 106 cm³/mol. The number of hydrogen-bond acceptors (Lipinski definition) is 7. The average Bonchev–Trinajstić information content (AvgIpc) is 2.99. The van der Waals surface area contributed by atoms with Crippen LogP contribution in [0.2, 0.25) is 0 Å². The molecule has 0 saturated heterocycles. The van der Waals surface area contributed by atoms with Crippen molar-refractivity contribution in [2.75, 3.05) is 12.5 Å². The SMILES string of the molecule is COc1cccc(/C=N\Nc2nc3c(c(=O)[nH]c(=O)n3C)n2CC(C)C)c1O. The van der Waals surface area contributed by atoms with E-state index in [-0.39, 0.29) is 22.8 Å². The molecule has 0 aliphatic heterocycles. The number of ether oxygens (including phenoxy) is 1. The standard InChI is InChI=1S/C18H22N6O4/c1-10(2)9-24-13-15(23(3)18(27)21-16(13)26)20-17(24)22-19-8-11-6-5-7-12(28-4)14(11)25/h5-8,10,25H,9H2,1-4H3,(H,20,22)(H,21,26,27)/b19-8-. The van der Waals surface area contributed by atoms with E-state index in [1.54, 1.807) is 22.8 Å². The lowest BCUT2D eigenvalue weighted by molar-refractivity contribution is 0.373. The summed E-state index contributed by atoms with van der Waals surface area (Å²) in [5.74, 6) is 0.831. The summed E-state index contributed by atoms with van der Waals surface area (Å²) in [5.41, 5.74) is 2.75. The first-order chi connectivity index (χ1) is 13.3. The Morgan fingerprint density at radius 2 is 2.14 bits per heavy atom. The number of para-hydroxylation sites is 1. The first-order valence-corrected chi connectivity index (χ1v) is 8.68. The van der Waals surface area contributed by atoms with Crippen molar-refractivity contribution < 1.29 is 9.84 Å². The predicted octanol–water partition coefficient (Wildman–Crippen LogP) is 1.24. The third kappa shape index (κ3) is 3.48. The first-order valence-electron chi connectivity index (χ1n) is 8.68. The van der Waals surface area contributed by atoms with Gasteiger partial charge in [-0.1, -0.05) is 19.9 Å². The average molecular weight is 386 g/mol. The molecule has 148 valence electrons. The number of nitrogens with one attached hydrogen (secondary N) is 2. The Morgan fingerprint density at radius 3 is 2.82 bits per heavy atom. The minimum Gasteiger partial charge on any atom is -0.504 e. The Balaban J connectivity index is 2.03. The van der Waals surface area contributed by atoms with Crippen molar-refractivity contribution in [1.82, 2.24) is 19.1 Å². The molecule has 1 aromatic carbocycles. The van der Waals surface area contributed by atoms with E-state index in [0.29, 0.717) is 23.8 Å². The number of nitrogens with zero attached hydrogens (tertiary/aromatic N) is 4. The molecule has 0 aliphatic carbocycles. The Morgan fingerprint density at radius 1 is 1.39 bits per heavy atom. The number of phenols is 1. The molecule has 0 spiro atoms. The Kier molecular flexibility index (Phi) is 5.21. The van der Waals surface area contributed by atoms with Crippen LogP contribution in [0.5, 0.6) is 11.5 Å². The Labute approximate surface area is 160 Å². The largest absolute Gasteiger partial charge is 0.504 e. The summed E-state index contributed by atoms with van der Waals surface area (Å²) in [5, 5.41) is 14.2. The molecule has 2 aromatic heterocycles. The van der Waals surface area contributed by atoms with E-state index < -0.39 is 11.2 Å². The maximum atomic E-state index is 12.3. The first kappa shape index (κ1) is 19.2. The number of fused-ring (bicyclic) bond motifs is 1. The van der Waals surface area contributed by atoms with Crippen molar-refractivity contribution in [3.63, 3.8) is 0 Å². The molecule has 0 fully saturated rings. The minimum absolute atomic E-state index is 0.0370. The minimum atomic E-state index is -0.539. The molecule has 0 amide bonds. The van der Waals surface area contributed by atoms with Crippen LogP contribution in [0.4, 0.5) is 5.95 Å². The topological polar surface area (TPSA) is 127 Å². The third-order valence-corrected chi connectivity index (χ3v) is 4.17. The van der Waals surface area contributed by atoms with E-state index in [1.165, 1.54) is 24.9 Å². The lowest BCUT2D eigenvalue weighted by Crippen LogP contribution is -2.29. The van der Waals surface area contributed by atoms with Gasteiger partial charge in [-0.3, -0.25) is 14.3 Å². The number of benzene rings is 1. The summed E-state index contributed by atoms with van der Waals surface area (Å²) >= 11 is 0. The maximum absolute atomic E-state index is 12.3. The Hall–Kier alpha value is -3.56. The van der Waals surface area contributed by atoms with Gasteiger partial charge in [0.05, 0.1) is 13.3 Å². The number of anilines is 1. The Bertz CT molecular complexity index is 1160. The second-order valence-electron chi connectivity index (χ2n) is 6.70. The van der Waals surface area contributed by atoms with Crippen molar-refractivity contribution in [1.29, 1.82) is 0 Å². The summed E-state index contributed by atoms with van der Waals surface area (Å²) in [4.78, 5) is 30.9. The summed E-state index contributed by atoms with van der Waals surface area (Å²) in [6, 6.07) is 5.03. The molecule has 3 rings (SSSR count). The third-order valence-electron chi connectivity index (χ3n) is 4.17. The molecule has 3 N–H and O–H groups in total. The number of aromatic nitrogens is 4. The fraction of sp³-hybridized carbons (Fsp3) is 0.333. The number of phenolic OH excluding ortho intramolecular Hbond substituents is 1. The van der Waals surface area contributed by atoms with Crippen LogP contribution in [0.25, 0.3) is 11.2 Å². The van der Waals surface area contributed by atoms with Gasteiger partial charge < -0.3 is 14.4 Å². The molecule has 0 saturated carbocycles. The number of imidazole rings is 1. The number of aromatic hydroxyl groups is 1. The monoisotopic (exact) mass is 386 g/mol. The number of aromatic amines is 1. The highest BCUT2D eigenvalue weighted by Crippen LogP contribution is 2.28. The summed E-state index contributed by atoms with van der Waals surface area (Å²) < 4.78 is 8.03. The molecular formula is C18H22N6O4. The number of aryl methyl sites for hydroxylation is 1. The van der Waals surface area contributed by atoms with Gasteiger partial charge in [-0.25, -0.2) is 10.2 Å². The van der Waals surface area contributed by atoms with Crippen molar-refractivity contribution in [3.05, 3.63) is 44.6 Å². The van der Waals surface area contributed by atoms with Crippen LogP contribution in [0.3, 0.4) is 0 Å². The lowest BCUT2D eigenvalue weighted by Gasteiger charge is -2.10. The van der Waals surface area contributed by atoms with Gasteiger partial charge in [0, 0.05) is 19.2 Å². The zero-order valence-electron chi connectivity index (χ0n) is 16.1. The molecule has 0 atom stereocenters. The molecule has 2 heterocycles. The molecule has 0 aliphatic rings. The van der Waals surface area contributed by atoms with Crippen LogP contribution in [0.1, 0.15) is 19.4 Å². The normalized spacial score (nSPS) is 11.6. The highest BCUT2D eigenvalue weighted by atomic mass is 16.5. The van der Waals surface area contributed by atoms with Gasteiger partial charge in [0.1, 0.15) is 0 Å². The second kappa shape index (κ2) is 7.59. The molecule has 10 heteroatoms. The molecular weight excluding hydrogens is 364 g/mol. The van der Waals surface area contributed by atoms with Gasteiger partial charge >= 0.3 is 5.69 Å². The van der Waals surface area contributed by atoms with E-state index in [4.69, 9.17) is 4.74 Å². The van der Waals surface area contributed by atoms with E-state index >= 15 is 0 Å². The number of hydrazone groups is 1. The van der Waals surface area contributed by atoms with Crippen LogP contribution >= 0.6 is 0 Å². The van der Waals surface area contributed by atoms with Crippen molar-refractivity contribution in [2.24, 2.45) is 18.1 Å². The molecule has 10 nitrogen and oxygen atoms in total. The molecule has 28 heavy (non-hydrogen) atoms. The lowest BCUT2D eigenvalue weighted by atomic mass is 10.2. The van der Waals surface area contributed by atoms with Gasteiger partial charge in [-0.2, -0.15) is 10.1 Å². The number of rotatable bonds is 6. The van der Waals surface area contributed by atoms with Gasteiger partial charge in [-0.15, -0.1) is 0 Å². The van der Waals surface area contributed by atoms with E-state index in [1.807, 2.05) is 13.8 Å². The highest BCUT2D eigenvalue weighted by molar-refractivity contribution is 5.85. The van der Waals surface area contributed by atoms with Gasteiger partial charge in [0.2, 0.25) is 5.95 Å². The van der Waals surface area contributed by atoms with Crippen LogP contribution in [0, 0.1) is 5.92 Å². The smallest absolute Gasteiger partial charge is 0.329 e. The van der Waals surface area contributed by atoms with Crippen LogP contribution < -0.4 is 21.4 Å². The molecule has 0 radical (unpaired) electrons. The zero-order valence-corrected chi connectivity index (χ0v) is 16.1. The fourth-order valence-corrected chi connectivity index (χ4v) is 2.83. The number of H-pyrrole nitrogens is 1. The van der Waals surface area contributed by atoms with E-state index in [2.05, 4.69) is 20.5 Å². The van der Waals surface area contributed by atoms with Gasteiger partial charge in [0.25, 0.3) is 5.56 Å². The number of methoxy groups -OCH3 is 1. The maximum Gasteiger partial charge on any atom is 0.329 e. The number of hydrogen-bond donors (Lipinski definition) is 3. The van der Waals surface area contributed by atoms with Gasteiger partial charge in [0.15, 0.2) is 22.7 Å². The summed E-state index contributed by atoms with van der Waals surface area (Å²) in [6.45, 7) is 4.51. The van der Waals surface area contributed by atoms with E-state index in [0.717, 1.165) is 0 Å². The summed E-state index contributed by atoms with van der Waals surface area (Å²) in [7, 11) is 3.00. The van der Waals surface area contributed by atoms with Crippen LogP contribution in [0.15, 0.2) is 32.9 Å². The highest BCUT2D eigenvalue weighted by Gasteiger charge is 2.17. The van der Waals surface area contributed by atoms with Crippen molar-refractivity contribution in [2.45, 2.75) is 20.4 Å². The molecule has 0 unspecified atom stereocenters. The zero-order chi connectivity index (χ0) is 20.4. The van der Waals surface area contributed by atoms with Gasteiger partial charge in [-0.05, 0) is 18.1 Å². The van der Waals surface area contributed by atoms with Crippen LogP contribution in [-0.2, 0) is 13.6 Å². The summed E-state index contributed by atoms with van der Waals surface area (Å²) in [6.07, 6.45) is 1.42. The van der Waals surface area contributed by atoms with Crippen molar-refractivity contribution in [3.8, 4) is 11.5 Å².